The Morgan fingerprint density at radius 2 is 2.26 bits per heavy atom. The lowest BCUT2D eigenvalue weighted by molar-refractivity contribution is -0.150. The Labute approximate surface area is 163 Å². The maximum Gasteiger partial charge on any atom is 0.310 e. The van der Waals surface area contributed by atoms with Crippen molar-refractivity contribution in [2.75, 3.05) is 31.6 Å². The largest absolute Gasteiger partial charge is 0.466 e. The van der Waals surface area contributed by atoms with Gasteiger partial charge in [-0.05, 0) is 45.4 Å². The summed E-state index contributed by atoms with van der Waals surface area (Å²) in [5.41, 5.74) is 2.65. The molecule has 0 aliphatic carbocycles. The lowest BCUT2D eigenvalue weighted by atomic mass is 9.98. The first kappa shape index (κ1) is 19.5. The predicted molar refractivity (Wildman–Crippen MR) is 107 cm³/mol. The van der Waals surface area contributed by atoms with Crippen LogP contribution in [0.4, 0.5) is 5.69 Å². The van der Waals surface area contributed by atoms with Gasteiger partial charge in [0.25, 0.3) is 0 Å². The van der Waals surface area contributed by atoms with Crippen LogP contribution in [0.2, 0.25) is 0 Å². The first-order valence-corrected chi connectivity index (χ1v) is 10.1. The summed E-state index contributed by atoms with van der Waals surface area (Å²) in [5, 5.41) is 5.98. The number of amides is 1. The Balaban J connectivity index is 1.57. The molecule has 1 aliphatic rings. The summed E-state index contributed by atoms with van der Waals surface area (Å²) >= 11 is 1.61. The average molecular weight is 388 g/mol. The Morgan fingerprint density at radius 3 is 3.00 bits per heavy atom. The highest BCUT2D eigenvalue weighted by atomic mass is 32.1. The summed E-state index contributed by atoms with van der Waals surface area (Å²) in [5.74, 6) is -0.372. The molecule has 1 aliphatic heterocycles. The molecule has 6 nitrogen and oxygen atoms in total. The fourth-order valence-corrected chi connectivity index (χ4v) is 3.93. The van der Waals surface area contributed by atoms with Gasteiger partial charge in [-0.1, -0.05) is 12.1 Å². The van der Waals surface area contributed by atoms with E-state index >= 15 is 0 Å². The van der Waals surface area contributed by atoms with Crippen LogP contribution >= 0.6 is 11.3 Å². The molecule has 1 N–H and O–H groups in total. The number of carbonyl (C=O) groups is 2. The minimum atomic E-state index is -0.158. The van der Waals surface area contributed by atoms with E-state index in [2.05, 4.69) is 10.3 Å². The van der Waals surface area contributed by atoms with E-state index in [9.17, 15) is 9.59 Å². The number of aromatic nitrogens is 1. The van der Waals surface area contributed by atoms with Crippen molar-refractivity contribution >= 4 is 28.9 Å². The summed E-state index contributed by atoms with van der Waals surface area (Å²) in [6.07, 6.45) is 1.72. The van der Waals surface area contributed by atoms with Crippen molar-refractivity contribution in [2.45, 2.75) is 26.7 Å². The highest BCUT2D eigenvalue weighted by molar-refractivity contribution is 7.09. The normalized spacial score (nSPS) is 17.5. The fraction of sp³-hybridized carbons (Fsp3) is 0.450. The molecule has 27 heavy (non-hydrogen) atoms. The number of hydrogen-bond acceptors (Lipinski definition) is 6. The molecule has 1 unspecified atom stereocenters. The average Bonchev–Trinajstić information content (AvgIpc) is 3.09. The van der Waals surface area contributed by atoms with Gasteiger partial charge in [0.2, 0.25) is 5.91 Å². The van der Waals surface area contributed by atoms with Crippen molar-refractivity contribution in [1.82, 2.24) is 9.88 Å². The van der Waals surface area contributed by atoms with Crippen LogP contribution in [0.1, 0.15) is 24.8 Å². The van der Waals surface area contributed by atoms with Gasteiger partial charge in [0.15, 0.2) is 0 Å². The second kappa shape index (κ2) is 9.10. The molecular formula is C20H25N3O3S. The van der Waals surface area contributed by atoms with E-state index in [0.717, 1.165) is 41.3 Å². The minimum Gasteiger partial charge on any atom is -0.466 e. The fourth-order valence-electron chi connectivity index (χ4n) is 3.31. The number of carbonyl (C=O) groups excluding carboxylic acids is 2. The van der Waals surface area contributed by atoms with E-state index < -0.39 is 0 Å². The number of anilines is 1. The number of esters is 1. The minimum absolute atomic E-state index is 0.0777. The van der Waals surface area contributed by atoms with Gasteiger partial charge in [-0.15, -0.1) is 11.3 Å². The SMILES string of the molecule is CCOC(=O)C1CCCN(CC(=O)Nc2cccc(-c3csc(C)n3)c2)C1. The van der Waals surface area contributed by atoms with E-state index in [-0.39, 0.29) is 24.3 Å². The molecule has 144 valence electrons. The molecule has 1 aromatic carbocycles. The third-order valence-corrected chi connectivity index (χ3v) is 5.33. The number of hydrogen-bond donors (Lipinski definition) is 1. The Kier molecular flexibility index (Phi) is 6.58. The van der Waals surface area contributed by atoms with E-state index in [1.807, 2.05) is 48.4 Å². The predicted octanol–water partition coefficient (Wildman–Crippen LogP) is 3.33. The van der Waals surface area contributed by atoms with Crippen LogP contribution in [-0.4, -0.2) is 48.0 Å². The van der Waals surface area contributed by atoms with Crippen LogP contribution in [0.25, 0.3) is 11.3 Å². The molecule has 1 amide bonds. The molecule has 0 radical (unpaired) electrons. The summed E-state index contributed by atoms with van der Waals surface area (Å²) in [7, 11) is 0. The molecule has 2 aromatic rings. The van der Waals surface area contributed by atoms with Gasteiger partial charge in [-0.2, -0.15) is 0 Å². The number of ether oxygens (including phenoxy) is 1. The topological polar surface area (TPSA) is 71.5 Å². The van der Waals surface area contributed by atoms with Crippen molar-refractivity contribution in [2.24, 2.45) is 5.92 Å². The van der Waals surface area contributed by atoms with E-state index in [0.29, 0.717) is 13.2 Å². The molecule has 1 saturated heterocycles. The second-order valence-electron chi connectivity index (χ2n) is 6.71. The number of piperidine rings is 1. The number of benzene rings is 1. The van der Waals surface area contributed by atoms with Crippen LogP contribution in [-0.2, 0) is 14.3 Å². The van der Waals surface area contributed by atoms with Crippen molar-refractivity contribution < 1.29 is 14.3 Å². The maximum atomic E-state index is 12.5. The molecule has 0 bridgehead atoms. The van der Waals surface area contributed by atoms with Gasteiger partial charge >= 0.3 is 5.97 Å². The van der Waals surface area contributed by atoms with E-state index in [4.69, 9.17) is 4.74 Å². The van der Waals surface area contributed by atoms with E-state index in [1.165, 1.54) is 0 Å². The molecule has 1 aromatic heterocycles. The molecule has 1 atom stereocenters. The number of thiazole rings is 1. The van der Waals surface area contributed by atoms with E-state index in [1.54, 1.807) is 11.3 Å². The van der Waals surface area contributed by atoms with Crippen LogP contribution in [0, 0.1) is 12.8 Å². The number of nitrogens with one attached hydrogen (secondary N) is 1. The smallest absolute Gasteiger partial charge is 0.310 e. The van der Waals surface area contributed by atoms with Crippen LogP contribution in [0.15, 0.2) is 29.6 Å². The highest BCUT2D eigenvalue weighted by Crippen LogP contribution is 2.24. The third-order valence-electron chi connectivity index (χ3n) is 4.55. The second-order valence-corrected chi connectivity index (χ2v) is 7.77. The van der Waals surface area contributed by atoms with Crippen molar-refractivity contribution in [3.63, 3.8) is 0 Å². The Morgan fingerprint density at radius 1 is 1.41 bits per heavy atom. The van der Waals surface area contributed by atoms with Crippen molar-refractivity contribution in [1.29, 1.82) is 0 Å². The first-order valence-electron chi connectivity index (χ1n) is 9.26. The lowest BCUT2D eigenvalue weighted by Gasteiger charge is -2.30. The van der Waals surface area contributed by atoms with Crippen LogP contribution < -0.4 is 5.32 Å². The van der Waals surface area contributed by atoms with Gasteiger partial charge < -0.3 is 10.1 Å². The summed E-state index contributed by atoms with van der Waals surface area (Å²) in [6, 6.07) is 7.71. The zero-order chi connectivity index (χ0) is 19.2. The first-order chi connectivity index (χ1) is 13.0. The summed E-state index contributed by atoms with van der Waals surface area (Å²) in [4.78, 5) is 30.9. The molecule has 0 spiro atoms. The quantitative estimate of drug-likeness (QED) is 0.770. The van der Waals surface area contributed by atoms with Crippen LogP contribution in [0.3, 0.4) is 0 Å². The third kappa shape index (κ3) is 5.37. The maximum absolute atomic E-state index is 12.5. The molecular weight excluding hydrogens is 362 g/mol. The number of aryl methyl sites for hydroxylation is 1. The van der Waals surface area contributed by atoms with Gasteiger partial charge in [-0.3, -0.25) is 14.5 Å². The van der Waals surface area contributed by atoms with Gasteiger partial charge in [0.1, 0.15) is 0 Å². The van der Waals surface area contributed by atoms with Crippen LogP contribution in [0.5, 0.6) is 0 Å². The lowest BCUT2D eigenvalue weighted by Crippen LogP contribution is -2.43. The monoisotopic (exact) mass is 387 g/mol. The van der Waals surface area contributed by atoms with Crippen molar-refractivity contribution in [3.8, 4) is 11.3 Å². The number of likely N-dealkylation sites (tertiary alicyclic amines) is 1. The molecule has 3 rings (SSSR count). The summed E-state index contributed by atoms with van der Waals surface area (Å²) < 4.78 is 5.12. The molecule has 0 saturated carbocycles. The zero-order valence-corrected chi connectivity index (χ0v) is 16.6. The van der Waals surface area contributed by atoms with Gasteiger partial charge in [-0.25, -0.2) is 4.98 Å². The summed E-state index contributed by atoms with van der Waals surface area (Å²) in [6.45, 7) is 5.85. The van der Waals surface area contributed by atoms with Gasteiger partial charge in [0.05, 0.1) is 29.8 Å². The Bertz CT molecular complexity index is 805. The molecule has 2 heterocycles. The number of rotatable bonds is 6. The standard InChI is InChI=1S/C20H25N3O3S/c1-3-26-20(25)16-7-5-9-23(11-16)12-19(24)22-17-8-4-6-15(10-17)18-13-27-14(2)21-18/h4,6,8,10,13,16H,3,5,7,9,11-12H2,1-2H3,(H,22,24). The highest BCUT2D eigenvalue weighted by Gasteiger charge is 2.27. The molecule has 1 fully saturated rings. The Hall–Kier alpha value is -2.25. The van der Waals surface area contributed by atoms with Gasteiger partial charge in [0, 0.05) is 23.2 Å². The zero-order valence-electron chi connectivity index (χ0n) is 15.7. The molecule has 7 heteroatoms. The van der Waals surface area contributed by atoms with Crippen molar-refractivity contribution in [3.05, 3.63) is 34.7 Å². The number of nitrogens with zero attached hydrogens (tertiary/aromatic N) is 2.